The molecule has 0 amide bonds. The lowest BCUT2D eigenvalue weighted by Gasteiger charge is -2.50. The Morgan fingerprint density at radius 2 is 1.95 bits per heavy atom. The molecule has 1 aromatic rings. The number of halogens is 1. The summed E-state index contributed by atoms with van der Waals surface area (Å²) in [7, 11) is 2.08. The van der Waals surface area contributed by atoms with E-state index in [4.69, 9.17) is 4.74 Å². The molecule has 2 aliphatic heterocycles. The number of aliphatic hydroxyl groups is 1. The average molecular weight is 265 g/mol. The van der Waals surface area contributed by atoms with Crippen LogP contribution in [-0.4, -0.2) is 42.4 Å². The first-order chi connectivity index (χ1) is 9.01. The molecule has 2 heterocycles. The van der Waals surface area contributed by atoms with Crippen molar-refractivity contribution in [3.8, 4) is 0 Å². The minimum Gasteiger partial charge on any atom is -0.385 e. The van der Waals surface area contributed by atoms with Gasteiger partial charge in [-0.2, -0.15) is 0 Å². The number of morpholine rings is 1. The van der Waals surface area contributed by atoms with Crippen molar-refractivity contribution in [2.75, 3.05) is 20.3 Å². The number of likely N-dealkylation sites (N-methyl/N-ethyl adjacent to an activating group) is 1. The number of piperidine rings is 1. The monoisotopic (exact) mass is 265 g/mol. The van der Waals surface area contributed by atoms with Gasteiger partial charge in [0.05, 0.1) is 18.8 Å². The third-order valence-electron chi connectivity index (χ3n) is 4.69. The molecule has 0 radical (unpaired) electrons. The van der Waals surface area contributed by atoms with Crippen LogP contribution in [0.5, 0.6) is 0 Å². The number of hydrogen-bond donors (Lipinski definition) is 1. The molecule has 0 aromatic heterocycles. The maximum atomic E-state index is 13.7. The average Bonchev–Trinajstić information content (AvgIpc) is 2.35. The van der Waals surface area contributed by atoms with Gasteiger partial charge in [0.1, 0.15) is 5.82 Å². The summed E-state index contributed by atoms with van der Waals surface area (Å²) in [5.41, 5.74) is 0.365. The Hall–Kier alpha value is -0.970. The molecule has 1 aromatic carbocycles. The maximum absolute atomic E-state index is 13.7. The Kier molecular flexibility index (Phi) is 3.12. The van der Waals surface area contributed by atoms with Crippen LogP contribution in [0.15, 0.2) is 18.2 Å². The molecule has 0 spiro atoms. The van der Waals surface area contributed by atoms with Gasteiger partial charge in [0.15, 0.2) is 0 Å². The minimum atomic E-state index is -0.933. The molecule has 104 valence electrons. The number of rotatable bonds is 1. The van der Waals surface area contributed by atoms with Gasteiger partial charge in [-0.15, -0.1) is 0 Å². The molecule has 1 N–H and O–H groups in total. The maximum Gasteiger partial charge on any atom is 0.126 e. The molecule has 2 fully saturated rings. The molecule has 2 bridgehead atoms. The van der Waals surface area contributed by atoms with Gasteiger partial charge in [0.25, 0.3) is 0 Å². The van der Waals surface area contributed by atoms with Gasteiger partial charge in [0.2, 0.25) is 0 Å². The molecule has 19 heavy (non-hydrogen) atoms. The molecule has 2 atom stereocenters. The van der Waals surface area contributed by atoms with Crippen LogP contribution in [0.1, 0.15) is 24.0 Å². The zero-order valence-corrected chi connectivity index (χ0v) is 11.4. The lowest BCUT2D eigenvalue weighted by Crippen LogP contribution is -2.59. The molecule has 2 saturated heterocycles. The van der Waals surface area contributed by atoms with Crippen molar-refractivity contribution in [2.45, 2.75) is 37.5 Å². The molecule has 0 saturated carbocycles. The third kappa shape index (κ3) is 2.08. The Labute approximate surface area is 113 Å². The second kappa shape index (κ2) is 4.54. The van der Waals surface area contributed by atoms with Gasteiger partial charge in [0, 0.05) is 12.1 Å². The predicted molar refractivity (Wildman–Crippen MR) is 70.4 cm³/mol. The Balaban J connectivity index is 1.97. The number of fused-ring (bicyclic) bond motifs is 2. The number of ether oxygens (including phenoxy) is 1. The quantitative estimate of drug-likeness (QED) is 0.840. The standard InChI is InChI=1S/C15H20FNO2/c1-10-13(4-3-5-14(10)16)15(18)6-11-8-19-9-12(7-15)17(11)2/h3-5,11-12,18H,6-9H2,1-2H3. The minimum absolute atomic E-state index is 0.208. The van der Waals surface area contributed by atoms with E-state index in [1.165, 1.54) is 6.07 Å². The molecule has 0 aliphatic carbocycles. The predicted octanol–water partition coefficient (Wildman–Crippen LogP) is 1.81. The molecular formula is C15H20FNO2. The number of hydrogen-bond acceptors (Lipinski definition) is 3. The summed E-state index contributed by atoms with van der Waals surface area (Å²) in [6, 6.07) is 5.39. The summed E-state index contributed by atoms with van der Waals surface area (Å²) >= 11 is 0. The summed E-state index contributed by atoms with van der Waals surface area (Å²) in [5, 5.41) is 11.0. The normalized spacial score (nSPS) is 35.4. The lowest BCUT2D eigenvalue weighted by molar-refractivity contribution is -0.138. The second-order valence-electron chi connectivity index (χ2n) is 5.86. The first kappa shape index (κ1) is 13.0. The van der Waals surface area contributed by atoms with Crippen LogP contribution < -0.4 is 0 Å². The number of nitrogens with zero attached hydrogens (tertiary/aromatic N) is 1. The van der Waals surface area contributed by atoms with Crippen molar-refractivity contribution in [1.29, 1.82) is 0 Å². The fourth-order valence-corrected chi connectivity index (χ4v) is 3.47. The van der Waals surface area contributed by atoms with Crippen molar-refractivity contribution >= 4 is 0 Å². The van der Waals surface area contributed by atoms with Crippen molar-refractivity contribution < 1.29 is 14.2 Å². The highest BCUT2D eigenvalue weighted by atomic mass is 19.1. The summed E-state index contributed by atoms with van der Waals surface area (Å²) < 4.78 is 19.3. The zero-order chi connectivity index (χ0) is 13.6. The van der Waals surface area contributed by atoms with Crippen LogP contribution in [0.3, 0.4) is 0 Å². The lowest BCUT2D eigenvalue weighted by atomic mass is 9.75. The van der Waals surface area contributed by atoms with E-state index < -0.39 is 5.60 Å². The third-order valence-corrected chi connectivity index (χ3v) is 4.69. The van der Waals surface area contributed by atoms with E-state index in [2.05, 4.69) is 11.9 Å². The van der Waals surface area contributed by atoms with E-state index in [9.17, 15) is 9.50 Å². The van der Waals surface area contributed by atoms with Crippen LogP contribution in [0.2, 0.25) is 0 Å². The number of benzene rings is 1. The van der Waals surface area contributed by atoms with Crippen molar-refractivity contribution in [3.63, 3.8) is 0 Å². The van der Waals surface area contributed by atoms with Crippen molar-refractivity contribution in [2.24, 2.45) is 0 Å². The highest BCUT2D eigenvalue weighted by molar-refractivity contribution is 5.33. The Morgan fingerprint density at radius 3 is 2.58 bits per heavy atom. The highest BCUT2D eigenvalue weighted by Crippen LogP contribution is 2.41. The molecule has 2 unspecified atom stereocenters. The summed E-state index contributed by atoms with van der Waals surface area (Å²) in [6.07, 6.45) is 1.20. The SMILES string of the molecule is Cc1c(F)cccc1C1(O)CC2COCC(C1)N2C. The Bertz CT molecular complexity index is 477. The van der Waals surface area contributed by atoms with Gasteiger partial charge in [-0.1, -0.05) is 12.1 Å². The van der Waals surface area contributed by atoms with E-state index in [1.807, 2.05) is 6.07 Å². The van der Waals surface area contributed by atoms with E-state index in [-0.39, 0.29) is 17.9 Å². The van der Waals surface area contributed by atoms with Gasteiger partial charge in [-0.3, -0.25) is 4.90 Å². The van der Waals surface area contributed by atoms with Crippen LogP contribution >= 0.6 is 0 Å². The second-order valence-corrected chi connectivity index (χ2v) is 5.86. The van der Waals surface area contributed by atoms with Crippen LogP contribution in [0.25, 0.3) is 0 Å². The van der Waals surface area contributed by atoms with Gasteiger partial charge in [-0.25, -0.2) is 4.39 Å². The topological polar surface area (TPSA) is 32.7 Å². The zero-order valence-electron chi connectivity index (χ0n) is 11.4. The summed E-state index contributed by atoms with van der Waals surface area (Å²) in [6.45, 7) is 3.03. The van der Waals surface area contributed by atoms with Crippen LogP contribution in [-0.2, 0) is 10.3 Å². The fraction of sp³-hybridized carbons (Fsp3) is 0.600. The van der Waals surface area contributed by atoms with Gasteiger partial charge < -0.3 is 9.84 Å². The highest BCUT2D eigenvalue weighted by Gasteiger charge is 2.46. The van der Waals surface area contributed by atoms with E-state index in [0.29, 0.717) is 31.6 Å². The smallest absolute Gasteiger partial charge is 0.126 e. The molecule has 3 nitrogen and oxygen atoms in total. The van der Waals surface area contributed by atoms with Crippen LogP contribution in [0, 0.1) is 12.7 Å². The first-order valence-electron chi connectivity index (χ1n) is 6.79. The van der Waals surface area contributed by atoms with Gasteiger partial charge >= 0.3 is 0 Å². The van der Waals surface area contributed by atoms with Gasteiger partial charge in [-0.05, 0) is 44.0 Å². The summed E-state index contributed by atoms with van der Waals surface area (Å²) in [5.74, 6) is -0.244. The fourth-order valence-electron chi connectivity index (χ4n) is 3.47. The first-order valence-corrected chi connectivity index (χ1v) is 6.79. The van der Waals surface area contributed by atoms with Crippen molar-refractivity contribution in [3.05, 3.63) is 35.1 Å². The molecule has 3 rings (SSSR count). The molecule has 4 heteroatoms. The van der Waals surface area contributed by atoms with Crippen molar-refractivity contribution in [1.82, 2.24) is 4.90 Å². The largest absolute Gasteiger partial charge is 0.385 e. The summed E-state index contributed by atoms with van der Waals surface area (Å²) in [4.78, 5) is 2.28. The van der Waals surface area contributed by atoms with Crippen LogP contribution in [0.4, 0.5) is 4.39 Å². The van der Waals surface area contributed by atoms with E-state index in [0.717, 1.165) is 5.56 Å². The molecular weight excluding hydrogens is 245 g/mol. The van der Waals surface area contributed by atoms with E-state index in [1.54, 1.807) is 13.0 Å². The molecule has 2 aliphatic rings. The van der Waals surface area contributed by atoms with E-state index >= 15 is 0 Å². The Morgan fingerprint density at radius 1 is 1.32 bits per heavy atom.